The summed E-state index contributed by atoms with van der Waals surface area (Å²) in [5.41, 5.74) is 3.12. The molecule has 4 amide bonds. The lowest BCUT2D eigenvalue weighted by molar-refractivity contribution is -0.140. The van der Waals surface area contributed by atoms with Crippen molar-refractivity contribution in [3.63, 3.8) is 0 Å². The number of carboxylic acids is 1. The van der Waals surface area contributed by atoms with Crippen LogP contribution in [0, 0.1) is 5.92 Å². The standard InChI is InChI=1S/C35H37F4N5O6/c36-20-25-16-24(17-27(18-25)35(37,38)39)19-30(32(47)43-12-7-23(22-43)4-3-11-40-21-31(45)46)50-34(49)42-13-9-28(10-14-42)44-15-8-26-5-1-2-6-29(26)41-33(44)48/h1-2,4-6,16-18,23,28,30H,7-10,12-15,19-22H2,(H,41,48)(H,45,46)/t23?,30-/m1/s1. The number of anilines is 1. The fourth-order valence-corrected chi connectivity index (χ4v) is 6.44. The van der Waals surface area contributed by atoms with Gasteiger partial charge in [0.2, 0.25) is 0 Å². The van der Waals surface area contributed by atoms with Crippen LogP contribution in [0.25, 0.3) is 0 Å². The number of para-hydroxylation sites is 1. The van der Waals surface area contributed by atoms with Gasteiger partial charge in [-0.2, -0.15) is 13.2 Å². The quantitative estimate of drug-likeness (QED) is 0.213. The minimum absolute atomic E-state index is 0.0151. The van der Waals surface area contributed by atoms with Crippen molar-refractivity contribution in [1.82, 2.24) is 14.7 Å². The summed E-state index contributed by atoms with van der Waals surface area (Å²) in [7, 11) is 0. The van der Waals surface area contributed by atoms with Crippen molar-refractivity contribution < 1.29 is 46.6 Å². The number of halogens is 4. The van der Waals surface area contributed by atoms with Gasteiger partial charge in [0.1, 0.15) is 13.2 Å². The lowest BCUT2D eigenvalue weighted by Crippen LogP contribution is -2.51. The van der Waals surface area contributed by atoms with Crippen LogP contribution in [0.3, 0.4) is 0 Å². The predicted molar refractivity (Wildman–Crippen MR) is 173 cm³/mol. The molecule has 266 valence electrons. The lowest BCUT2D eigenvalue weighted by Gasteiger charge is -2.38. The maximum atomic E-state index is 13.8. The monoisotopic (exact) mass is 699 g/mol. The number of hydrogen-bond donors (Lipinski definition) is 2. The number of alkyl halides is 4. The molecule has 2 aromatic carbocycles. The van der Waals surface area contributed by atoms with Crippen LogP contribution in [0.1, 0.15) is 41.5 Å². The fraction of sp³-hybridized carbons (Fsp3) is 0.457. The zero-order valence-corrected chi connectivity index (χ0v) is 27.1. The summed E-state index contributed by atoms with van der Waals surface area (Å²) < 4.78 is 60.2. The zero-order valence-electron chi connectivity index (χ0n) is 27.1. The highest BCUT2D eigenvalue weighted by molar-refractivity contribution is 5.91. The second-order valence-electron chi connectivity index (χ2n) is 12.5. The number of rotatable bonds is 9. The van der Waals surface area contributed by atoms with Gasteiger partial charge in [0.05, 0.1) is 5.56 Å². The van der Waals surface area contributed by atoms with Gasteiger partial charge in [-0.3, -0.25) is 9.59 Å². The topological polar surface area (TPSA) is 132 Å². The van der Waals surface area contributed by atoms with Crippen molar-refractivity contribution in [2.75, 3.05) is 44.6 Å². The first-order valence-electron chi connectivity index (χ1n) is 16.3. The summed E-state index contributed by atoms with van der Waals surface area (Å²) in [6, 6.07) is 9.94. The van der Waals surface area contributed by atoms with Gasteiger partial charge >= 0.3 is 24.3 Å². The van der Waals surface area contributed by atoms with Crippen LogP contribution in [0.15, 0.2) is 59.3 Å². The van der Waals surface area contributed by atoms with Crippen LogP contribution < -0.4 is 5.32 Å². The number of carboxylic acid groups (broad SMARTS) is 1. The third-order valence-corrected chi connectivity index (χ3v) is 8.99. The molecule has 2 N–H and O–H groups in total. The minimum Gasteiger partial charge on any atom is -0.480 e. The molecule has 3 heterocycles. The summed E-state index contributed by atoms with van der Waals surface area (Å²) in [5, 5.41) is 11.6. The van der Waals surface area contributed by atoms with E-state index in [-0.39, 0.29) is 55.3 Å². The number of aliphatic imine (C=N–C) groups is 1. The Kier molecular flexibility index (Phi) is 11.6. The van der Waals surface area contributed by atoms with Gasteiger partial charge < -0.3 is 29.9 Å². The Balaban J connectivity index is 1.27. The van der Waals surface area contributed by atoms with Crippen LogP contribution >= 0.6 is 0 Å². The number of carbonyl (C=O) groups excluding carboxylic acids is 3. The Bertz CT molecular complexity index is 1700. The average molecular weight is 700 g/mol. The van der Waals surface area contributed by atoms with Crippen molar-refractivity contribution >= 4 is 35.6 Å². The Hall–Kier alpha value is -5.13. The Morgan fingerprint density at radius 1 is 1.04 bits per heavy atom. The van der Waals surface area contributed by atoms with E-state index in [1.165, 1.54) is 15.9 Å². The molecule has 2 saturated heterocycles. The molecular weight excluding hydrogens is 662 g/mol. The van der Waals surface area contributed by atoms with Gasteiger partial charge in [-0.15, -0.1) is 0 Å². The number of nitrogens with one attached hydrogen (secondary N) is 1. The third-order valence-electron chi connectivity index (χ3n) is 8.99. The maximum Gasteiger partial charge on any atom is 0.416 e. The first-order valence-corrected chi connectivity index (χ1v) is 16.3. The number of hydrogen-bond acceptors (Lipinski definition) is 6. The highest BCUT2D eigenvalue weighted by Gasteiger charge is 2.37. The number of ether oxygens (including phenoxy) is 1. The number of benzene rings is 2. The van der Waals surface area contributed by atoms with Crippen LogP contribution in [0.5, 0.6) is 0 Å². The van der Waals surface area contributed by atoms with Gasteiger partial charge in [-0.1, -0.05) is 30.0 Å². The third kappa shape index (κ3) is 9.31. The van der Waals surface area contributed by atoms with E-state index < -0.39 is 55.5 Å². The maximum absolute atomic E-state index is 13.8. The van der Waals surface area contributed by atoms with Crippen molar-refractivity contribution in [1.29, 1.82) is 0 Å². The van der Waals surface area contributed by atoms with E-state index >= 15 is 0 Å². The van der Waals surface area contributed by atoms with Gasteiger partial charge in [-0.25, -0.2) is 19.0 Å². The summed E-state index contributed by atoms with van der Waals surface area (Å²) >= 11 is 0. The molecule has 3 aliphatic rings. The van der Waals surface area contributed by atoms with Crippen LogP contribution in [0.2, 0.25) is 0 Å². The number of amides is 4. The summed E-state index contributed by atoms with van der Waals surface area (Å²) in [6.07, 6.45) is -3.83. The van der Waals surface area contributed by atoms with Gasteiger partial charge in [0.25, 0.3) is 5.91 Å². The van der Waals surface area contributed by atoms with Gasteiger partial charge in [0.15, 0.2) is 6.10 Å². The fourth-order valence-electron chi connectivity index (χ4n) is 6.44. The number of nitrogens with zero attached hydrogens (tertiary/aromatic N) is 4. The number of piperidine rings is 1. The molecule has 0 bridgehead atoms. The number of urea groups is 1. The molecule has 0 radical (unpaired) electrons. The smallest absolute Gasteiger partial charge is 0.416 e. The van der Waals surface area contributed by atoms with Crippen molar-refractivity contribution in [3.8, 4) is 0 Å². The molecule has 50 heavy (non-hydrogen) atoms. The second kappa shape index (κ2) is 16.1. The molecule has 2 aromatic rings. The second-order valence-corrected chi connectivity index (χ2v) is 12.5. The molecule has 3 aliphatic heterocycles. The zero-order chi connectivity index (χ0) is 35.8. The molecule has 15 heteroatoms. The summed E-state index contributed by atoms with van der Waals surface area (Å²) in [6.45, 7) is -0.230. The average Bonchev–Trinajstić information content (AvgIpc) is 3.49. The largest absolute Gasteiger partial charge is 0.480 e. The summed E-state index contributed by atoms with van der Waals surface area (Å²) in [4.78, 5) is 59.0. The molecule has 2 atom stereocenters. The number of likely N-dealkylation sites (tertiary alicyclic amines) is 2. The number of fused-ring (bicyclic) bond motifs is 1. The number of aliphatic carboxylic acids is 1. The van der Waals surface area contributed by atoms with Gasteiger partial charge in [-0.05, 0) is 66.6 Å². The molecule has 0 saturated carbocycles. The van der Waals surface area contributed by atoms with Crippen LogP contribution in [-0.4, -0.2) is 101 Å². The van der Waals surface area contributed by atoms with E-state index in [0.717, 1.165) is 17.3 Å². The molecule has 1 unspecified atom stereocenters. The SMILES string of the molecule is O=C(O)CN=C=C=CC1CCN(C(=O)[C@@H](Cc2cc(CF)cc(C(F)(F)F)c2)OC(=O)N2CCC(N3CCc4ccccc4NC3=O)CC2)C1. The molecule has 0 spiro atoms. The molecule has 5 rings (SSSR count). The van der Waals surface area contributed by atoms with E-state index in [2.05, 4.69) is 21.9 Å². The van der Waals surface area contributed by atoms with Gasteiger partial charge in [0, 0.05) is 62.7 Å². The molecular formula is C35H37F4N5O6. The van der Waals surface area contributed by atoms with Crippen molar-refractivity contribution in [2.45, 2.75) is 57.1 Å². The summed E-state index contributed by atoms with van der Waals surface area (Å²) in [5.74, 6) is 0.438. The van der Waals surface area contributed by atoms with Crippen LogP contribution in [-0.2, 0) is 40.0 Å². The van der Waals surface area contributed by atoms with Crippen molar-refractivity contribution in [2.24, 2.45) is 10.9 Å². The highest BCUT2D eigenvalue weighted by atomic mass is 19.4. The normalized spacial score (nSPS) is 18.6. The first kappa shape index (κ1) is 36.2. The predicted octanol–water partition coefficient (Wildman–Crippen LogP) is 5.09. The van der Waals surface area contributed by atoms with Crippen LogP contribution in [0.4, 0.5) is 32.8 Å². The molecule has 0 aliphatic carbocycles. The minimum atomic E-state index is -4.76. The molecule has 11 nitrogen and oxygen atoms in total. The van der Waals surface area contributed by atoms with E-state index in [9.17, 15) is 36.7 Å². The molecule has 2 fully saturated rings. The van der Waals surface area contributed by atoms with E-state index in [1.807, 2.05) is 24.3 Å². The van der Waals surface area contributed by atoms with E-state index in [1.54, 1.807) is 11.0 Å². The van der Waals surface area contributed by atoms with Crippen molar-refractivity contribution in [3.05, 3.63) is 76.5 Å². The molecule has 0 aromatic heterocycles. The Morgan fingerprint density at radius 3 is 2.48 bits per heavy atom. The Labute approximate surface area is 285 Å². The van der Waals surface area contributed by atoms with E-state index in [4.69, 9.17) is 9.84 Å². The lowest BCUT2D eigenvalue weighted by atomic mass is 10.0. The number of carbonyl (C=O) groups is 4. The Morgan fingerprint density at radius 2 is 1.76 bits per heavy atom. The highest BCUT2D eigenvalue weighted by Crippen LogP contribution is 2.32. The van der Waals surface area contributed by atoms with E-state index in [0.29, 0.717) is 38.3 Å². The first-order chi connectivity index (χ1) is 23.9.